The third-order valence-corrected chi connectivity index (χ3v) is 2.71. The summed E-state index contributed by atoms with van der Waals surface area (Å²) in [5.74, 6) is 0.0125. The first-order valence-corrected chi connectivity index (χ1v) is 5.32. The van der Waals surface area contributed by atoms with Crippen LogP contribution < -0.4 is 10.2 Å². The van der Waals surface area contributed by atoms with Crippen molar-refractivity contribution in [3.63, 3.8) is 0 Å². The summed E-state index contributed by atoms with van der Waals surface area (Å²) < 4.78 is 0. The maximum atomic E-state index is 11.5. The standard InChI is InChI=1S/C11H13ClN2O/c1-7(2)14-6-11(15)13-9-5-8(12)3-4-10(9)14/h3-5,7H,6H2,1-2H3,(H,13,15). The lowest BCUT2D eigenvalue weighted by molar-refractivity contribution is -0.115. The van der Waals surface area contributed by atoms with E-state index in [0.29, 0.717) is 17.6 Å². The Balaban J connectivity index is 2.46. The highest BCUT2D eigenvalue weighted by atomic mass is 35.5. The van der Waals surface area contributed by atoms with Crippen LogP contribution in [0, 0.1) is 0 Å². The number of halogens is 1. The van der Waals surface area contributed by atoms with Crippen molar-refractivity contribution in [3.05, 3.63) is 23.2 Å². The van der Waals surface area contributed by atoms with Crippen LogP contribution in [0.1, 0.15) is 13.8 Å². The molecule has 0 unspecified atom stereocenters. The molecule has 0 saturated heterocycles. The molecule has 4 heteroatoms. The molecule has 80 valence electrons. The first kappa shape index (κ1) is 10.3. The van der Waals surface area contributed by atoms with Gasteiger partial charge in [0.25, 0.3) is 0 Å². The van der Waals surface area contributed by atoms with E-state index in [1.165, 1.54) is 0 Å². The molecule has 0 atom stereocenters. The van der Waals surface area contributed by atoms with Gasteiger partial charge in [0.1, 0.15) is 0 Å². The van der Waals surface area contributed by atoms with Gasteiger partial charge >= 0.3 is 0 Å². The van der Waals surface area contributed by atoms with Crippen LogP contribution in [0.4, 0.5) is 11.4 Å². The smallest absolute Gasteiger partial charge is 0.243 e. The third kappa shape index (κ3) is 1.92. The molecule has 0 aliphatic carbocycles. The van der Waals surface area contributed by atoms with E-state index in [4.69, 9.17) is 11.6 Å². The number of fused-ring (bicyclic) bond motifs is 1. The van der Waals surface area contributed by atoms with Gasteiger partial charge in [-0.25, -0.2) is 0 Å². The van der Waals surface area contributed by atoms with Gasteiger partial charge in [0.2, 0.25) is 5.91 Å². The minimum Gasteiger partial charge on any atom is -0.358 e. The van der Waals surface area contributed by atoms with Crippen LogP contribution in [0.5, 0.6) is 0 Å². The van der Waals surface area contributed by atoms with E-state index in [2.05, 4.69) is 24.1 Å². The zero-order valence-corrected chi connectivity index (χ0v) is 9.51. The van der Waals surface area contributed by atoms with Crippen molar-refractivity contribution in [2.24, 2.45) is 0 Å². The number of amides is 1. The van der Waals surface area contributed by atoms with Crippen LogP contribution in [0.2, 0.25) is 5.02 Å². The average Bonchev–Trinajstić information content (AvgIpc) is 2.15. The summed E-state index contributed by atoms with van der Waals surface area (Å²) in [6.45, 7) is 4.54. The zero-order valence-electron chi connectivity index (χ0n) is 8.75. The molecule has 0 bridgehead atoms. The van der Waals surface area contributed by atoms with Crippen molar-refractivity contribution in [2.45, 2.75) is 19.9 Å². The molecule has 1 aliphatic heterocycles. The van der Waals surface area contributed by atoms with E-state index in [1.807, 2.05) is 12.1 Å². The fraction of sp³-hybridized carbons (Fsp3) is 0.364. The highest BCUT2D eigenvalue weighted by molar-refractivity contribution is 6.31. The molecular weight excluding hydrogens is 212 g/mol. The van der Waals surface area contributed by atoms with Crippen molar-refractivity contribution in [1.82, 2.24) is 0 Å². The Kier molecular flexibility index (Phi) is 2.57. The molecule has 0 aromatic heterocycles. The number of hydrogen-bond donors (Lipinski definition) is 1. The molecule has 15 heavy (non-hydrogen) atoms. The van der Waals surface area contributed by atoms with Crippen molar-refractivity contribution >= 4 is 28.9 Å². The summed E-state index contributed by atoms with van der Waals surface area (Å²) in [7, 11) is 0. The fourth-order valence-corrected chi connectivity index (χ4v) is 1.92. The van der Waals surface area contributed by atoms with Crippen LogP contribution in [-0.4, -0.2) is 18.5 Å². The Labute approximate surface area is 94.0 Å². The average molecular weight is 225 g/mol. The van der Waals surface area contributed by atoms with Gasteiger partial charge < -0.3 is 10.2 Å². The Morgan fingerprint density at radius 1 is 1.47 bits per heavy atom. The summed E-state index contributed by atoms with van der Waals surface area (Å²) in [6.07, 6.45) is 0. The van der Waals surface area contributed by atoms with E-state index < -0.39 is 0 Å². The largest absolute Gasteiger partial charge is 0.358 e. The lowest BCUT2D eigenvalue weighted by Crippen LogP contribution is -2.42. The molecule has 1 aromatic carbocycles. The number of carbonyl (C=O) groups excluding carboxylic acids is 1. The van der Waals surface area contributed by atoms with E-state index in [9.17, 15) is 4.79 Å². The van der Waals surface area contributed by atoms with E-state index in [1.54, 1.807) is 6.07 Å². The van der Waals surface area contributed by atoms with E-state index in [-0.39, 0.29) is 5.91 Å². The van der Waals surface area contributed by atoms with Crippen LogP contribution in [-0.2, 0) is 4.79 Å². The van der Waals surface area contributed by atoms with Gasteiger partial charge in [0.15, 0.2) is 0 Å². The molecule has 1 N–H and O–H groups in total. The maximum absolute atomic E-state index is 11.5. The minimum absolute atomic E-state index is 0.0125. The van der Waals surface area contributed by atoms with Gasteiger partial charge in [-0.3, -0.25) is 4.79 Å². The highest BCUT2D eigenvalue weighted by Crippen LogP contribution is 2.32. The van der Waals surface area contributed by atoms with E-state index in [0.717, 1.165) is 11.4 Å². The van der Waals surface area contributed by atoms with Crippen LogP contribution in [0.3, 0.4) is 0 Å². The number of hydrogen-bond acceptors (Lipinski definition) is 2. The topological polar surface area (TPSA) is 32.3 Å². The number of rotatable bonds is 1. The quantitative estimate of drug-likeness (QED) is 0.795. The molecule has 1 aliphatic rings. The lowest BCUT2D eigenvalue weighted by atomic mass is 10.1. The maximum Gasteiger partial charge on any atom is 0.243 e. The van der Waals surface area contributed by atoms with Gasteiger partial charge in [0.05, 0.1) is 17.9 Å². The third-order valence-electron chi connectivity index (χ3n) is 2.48. The number of carbonyl (C=O) groups is 1. The predicted molar refractivity (Wildman–Crippen MR) is 62.6 cm³/mol. The molecule has 0 fully saturated rings. The molecule has 1 heterocycles. The van der Waals surface area contributed by atoms with Gasteiger partial charge in [-0.05, 0) is 32.0 Å². The van der Waals surface area contributed by atoms with Gasteiger partial charge in [-0.1, -0.05) is 11.6 Å². The first-order chi connectivity index (χ1) is 7.08. The second-order valence-electron chi connectivity index (χ2n) is 3.93. The van der Waals surface area contributed by atoms with Crippen molar-refractivity contribution < 1.29 is 4.79 Å². The summed E-state index contributed by atoms with van der Waals surface area (Å²) >= 11 is 5.88. The molecule has 1 amide bonds. The Hall–Kier alpha value is -1.22. The zero-order chi connectivity index (χ0) is 11.0. The molecule has 0 saturated carbocycles. The highest BCUT2D eigenvalue weighted by Gasteiger charge is 2.23. The van der Waals surface area contributed by atoms with Gasteiger partial charge in [0, 0.05) is 11.1 Å². The molecule has 2 rings (SSSR count). The van der Waals surface area contributed by atoms with Crippen molar-refractivity contribution in [2.75, 3.05) is 16.8 Å². The van der Waals surface area contributed by atoms with Gasteiger partial charge in [-0.15, -0.1) is 0 Å². The minimum atomic E-state index is 0.0125. The molecule has 0 radical (unpaired) electrons. The van der Waals surface area contributed by atoms with Crippen molar-refractivity contribution in [3.8, 4) is 0 Å². The molecule has 3 nitrogen and oxygen atoms in total. The molecular formula is C11H13ClN2O. The number of nitrogens with one attached hydrogen (secondary N) is 1. The SMILES string of the molecule is CC(C)N1CC(=O)Nc2cc(Cl)ccc21. The summed E-state index contributed by atoms with van der Waals surface area (Å²) in [4.78, 5) is 13.5. The molecule has 0 spiro atoms. The fourth-order valence-electron chi connectivity index (χ4n) is 1.75. The van der Waals surface area contributed by atoms with Crippen molar-refractivity contribution in [1.29, 1.82) is 0 Å². The lowest BCUT2D eigenvalue weighted by Gasteiger charge is -2.34. The Morgan fingerprint density at radius 3 is 2.87 bits per heavy atom. The van der Waals surface area contributed by atoms with Gasteiger partial charge in [-0.2, -0.15) is 0 Å². The molecule has 1 aromatic rings. The number of benzene rings is 1. The second kappa shape index (κ2) is 3.74. The van der Waals surface area contributed by atoms with E-state index >= 15 is 0 Å². The predicted octanol–water partition coefficient (Wildman–Crippen LogP) is 2.51. The second-order valence-corrected chi connectivity index (χ2v) is 4.37. The monoisotopic (exact) mass is 224 g/mol. The number of anilines is 2. The summed E-state index contributed by atoms with van der Waals surface area (Å²) in [5, 5.41) is 3.46. The number of nitrogens with zero attached hydrogens (tertiary/aromatic N) is 1. The van der Waals surface area contributed by atoms with Crippen LogP contribution in [0.15, 0.2) is 18.2 Å². The normalized spacial score (nSPS) is 15.2. The Bertz CT molecular complexity index is 404. The summed E-state index contributed by atoms with van der Waals surface area (Å²) in [5.41, 5.74) is 1.83. The van der Waals surface area contributed by atoms with Crippen LogP contribution in [0.25, 0.3) is 0 Å². The summed E-state index contributed by atoms with van der Waals surface area (Å²) in [6, 6.07) is 5.87. The van der Waals surface area contributed by atoms with Crippen LogP contribution >= 0.6 is 11.6 Å². The first-order valence-electron chi connectivity index (χ1n) is 4.94. The Morgan fingerprint density at radius 2 is 2.20 bits per heavy atom.